The summed E-state index contributed by atoms with van der Waals surface area (Å²) in [6.07, 6.45) is 8.28. The Kier molecular flexibility index (Phi) is 1.27. The van der Waals surface area contributed by atoms with E-state index in [4.69, 9.17) is 5.11 Å². The van der Waals surface area contributed by atoms with E-state index < -0.39 is 5.97 Å². The zero-order valence-electron chi connectivity index (χ0n) is 7.62. The molecule has 2 fully saturated rings. The highest BCUT2D eigenvalue weighted by Gasteiger charge is 2.54. The highest BCUT2D eigenvalue weighted by molar-refractivity contribution is 5.88. The number of hydrogen-bond donors (Lipinski definition) is 1. The molecule has 1 spiro atoms. The van der Waals surface area contributed by atoms with Crippen molar-refractivity contribution in [2.24, 2.45) is 17.3 Å². The van der Waals surface area contributed by atoms with E-state index in [2.05, 4.69) is 6.08 Å². The van der Waals surface area contributed by atoms with E-state index in [0.717, 1.165) is 18.3 Å². The van der Waals surface area contributed by atoms with Crippen molar-refractivity contribution in [1.82, 2.24) is 0 Å². The van der Waals surface area contributed by atoms with Gasteiger partial charge in [0.1, 0.15) is 0 Å². The number of carbonyl (C=O) groups is 1. The molecular formula is C11H14O2. The lowest BCUT2D eigenvalue weighted by Crippen LogP contribution is -2.35. The van der Waals surface area contributed by atoms with E-state index in [-0.39, 0.29) is 0 Å². The summed E-state index contributed by atoms with van der Waals surface area (Å²) in [6, 6.07) is 0. The van der Waals surface area contributed by atoms with Crippen LogP contribution in [0.15, 0.2) is 11.6 Å². The molecule has 13 heavy (non-hydrogen) atoms. The normalized spacial score (nSPS) is 46.3. The second-order valence-electron chi connectivity index (χ2n) is 4.96. The molecule has 3 rings (SSSR count). The summed E-state index contributed by atoms with van der Waals surface area (Å²) in [5.41, 5.74) is 1.00. The van der Waals surface area contributed by atoms with Crippen LogP contribution in [0, 0.1) is 17.3 Å². The Bertz CT molecular complexity index is 305. The number of fused-ring (bicyclic) bond motifs is 3. The Morgan fingerprint density at radius 2 is 2.31 bits per heavy atom. The fraction of sp³-hybridized carbons (Fsp3) is 0.727. The van der Waals surface area contributed by atoms with Crippen LogP contribution in [0.5, 0.6) is 0 Å². The first-order chi connectivity index (χ1) is 6.20. The van der Waals surface area contributed by atoms with Crippen LogP contribution in [0.1, 0.15) is 32.1 Å². The number of aliphatic carboxylic acids is 1. The maximum Gasteiger partial charge on any atom is 0.331 e. The zero-order valence-corrected chi connectivity index (χ0v) is 7.62. The van der Waals surface area contributed by atoms with Crippen LogP contribution in [-0.2, 0) is 4.79 Å². The van der Waals surface area contributed by atoms with Gasteiger partial charge in [0, 0.05) is 5.57 Å². The summed E-state index contributed by atoms with van der Waals surface area (Å²) >= 11 is 0. The van der Waals surface area contributed by atoms with Crippen molar-refractivity contribution in [2.45, 2.75) is 32.1 Å². The topological polar surface area (TPSA) is 37.3 Å². The highest BCUT2D eigenvalue weighted by atomic mass is 16.4. The number of hydrogen-bond acceptors (Lipinski definition) is 1. The molecule has 0 saturated heterocycles. The minimum atomic E-state index is -0.701. The summed E-state index contributed by atoms with van der Waals surface area (Å²) in [7, 11) is 0. The van der Waals surface area contributed by atoms with E-state index in [1.807, 2.05) is 0 Å². The van der Waals surface area contributed by atoms with Gasteiger partial charge in [-0.15, -0.1) is 0 Å². The molecule has 3 aliphatic carbocycles. The number of carboxylic acids is 1. The van der Waals surface area contributed by atoms with Crippen molar-refractivity contribution >= 4 is 5.97 Å². The van der Waals surface area contributed by atoms with Crippen molar-refractivity contribution in [3.8, 4) is 0 Å². The molecule has 70 valence electrons. The first-order valence-electron chi connectivity index (χ1n) is 5.15. The van der Waals surface area contributed by atoms with Crippen LogP contribution in [0.3, 0.4) is 0 Å². The number of rotatable bonds is 1. The molecule has 1 N–H and O–H groups in total. The molecule has 3 atom stereocenters. The highest BCUT2D eigenvalue weighted by Crippen LogP contribution is 2.63. The minimum Gasteiger partial charge on any atom is -0.478 e. The zero-order chi connectivity index (χ0) is 9.05. The summed E-state index contributed by atoms with van der Waals surface area (Å²) in [5.74, 6) is 1.03. The predicted octanol–water partition coefficient (Wildman–Crippen LogP) is 2.21. The standard InChI is InChI=1S/C11H14O2/c12-10(13)8-5-11(6-8)4-7-1-2-9(11)3-7/h5,7,9H,1-4,6H2,(H,12,13). The lowest BCUT2D eigenvalue weighted by Gasteiger charge is -2.42. The average molecular weight is 178 g/mol. The second-order valence-corrected chi connectivity index (χ2v) is 4.96. The van der Waals surface area contributed by atoms with Crippen molar-refractivity contribution in [2.75, 3.05) is 0 Å². The van der Waals surface area contributed by atoms with Crippen LogP contribution in [0.25, 0.3) is 0 Å². The van der Waals surface area contributed by atoms with Crippen molar-refractivity contribution < 1.29 is 9.90 Å². The lowest BCUT2D eigenvalue weighted by molar-refractivity contribution is -0.133. The maximum absolute atomic E-state index is 10.7. The summed E-state index contributed by atoms with van der Waals surface area (Å²) in [4.78, 5) is 10.7. The Morgan fingerprint density at radius 1 is 1.54 bits per heavy atom. The van der Waals surface area contributed by atoms with Crippen molar-refractivity contribution in [3.05, 3.63) is 11.6 Å². The molecule has 2 heteroatoms. The lowest BCUT2D eigenvalue weighted by atomic mass is 9.62. The molecule has 2 nitrogen and oxygen atoms in total. The van der Waals surface area contributed by atoms with Gasteiger partial charge in [-0.1, -0.05) is 12.5 Å². The van der Waals surface area contributed by atoms with Gasteiger partial charge in [-0.2, -0.15) is 0 Å². The first-order valence-corrected chi connectivity index (χ1v) is 5.15. The fourth-order valence-electron chi connectivity index (χ4n) is 3.69. The van der Waals surface area contributed by atoms with Gasteiger partial charge in [0.05, 0.1) is 0 Å². The van der Waals surface area contributed by atoms with Gasteiger partial charge in [0.2, 0.25) is 0 Å². The average Bonchev–Trinajstić information content (AvgIpc) is 2.57. The minimum absolute atomic E-state index is 0.344. The smallest absolute Gasteiger partial charge is 0.331 e. The summed E-state index contributed by atoms with van der Waals surface area (Å²) < 4.78 is 0. The molecule has 0 aromatic carbocycles. The van der Waals surface area contributed by atoms with Gasteiger partial charge in [-0.3, -0.25) is 0 Å². The number of carboxylic acid groups (broad SMARTS) is 1. The summed E-state index contributed by atoms with van der Waals surface area (Å²) in [6.45, 7) is 0. The molecule has 0 aromatic rings. The van der Waals surface area contributed by atoms with Gasteiger partial charge in [-0.25, -0.2) is 4.79 Å². The Hall–Kier alpha value is -0.790. The maximum atomic E-state index is 10.7. The fourth-order valence-corrected chi connectivity index (χ4v) is 3.69. The third kappa shape index (κ3) is 0.862. The van der Waals surface area contributed by atoms with E-state index >= 15 is 0 Å². The van der Waals surface area contributed by atoms with E-state index in [1.165, 1.54) is 25.7 Å². The molecule has 0 radical (unpaired) electrons. The van der Waals surface area contributed by atoms with E-state index in [1.54, 1.807) is 0 Å². The molecule has 0 aromatic heterocycles. The van der Waals surface area contributed by atoms with Gasteiger partial charge in [-0.05, 0) is 42.9 Å². The van der Waals surface area contributed by atoms with Crippen LogP contribution in [0.4, 0.5) is 0 Å². The molecule has 0 heterocycles. The molecule has 2 bridgehead atoms. The molecule has 2 saturated carbocycles. The van der Waals surface area contributed by atoms with Crippen LogP contribution >= 0.6 is 0 Å². The van der Waals surface area contributed by atoms with E-state index in [0.29, 0.717) is 11.0 Å². The molecule has 3 unspecified atom stereocenters. The monoisotopic (exact) mass is 178 g/mol. The van der Waals surface area contributed by atoms with Crippen LogP contribution in [0.2, 0.25) is 0 Å². The third-order valence-electron chi connectivity index (χ3n) is 4.28. The molecular weight excluding hydrogens is 164 g/mol. The SMILES string of the molecule is O=C(O)C1=CC2(C1)CC1CCC2C1. The largest absolute Gasteiger partial charge is 0.478 e. The summed E-state index contributed by atoms with van der Waals surface area (Å²) in [5, 5.41) is 8.78. The Balaban J connectivity index is 1.85. The van der Waals surface area contributed by atoms with Crippen LogP contribution in [-0.4, -0.2) is 11.1 Å². The quantitative estimate of drug-likeness (QED) is 0.668. The first kappa shape index (κ1) is 7.60. The van der Waals surface area contributed by atoms with Gasteiger partial charge >= 0.3 is 5.97 Å². The predicted molar refractivity (Wildman–Crippen MR) is 48.2 cm³/mol. The Labute approximate surface area is 77.6 Å². The molecule has 0 aliphatic heterocycles. The van der Waals surface area contributed by atoms with Gasteiger partial charge < -0.3 is 5.11 Å². The van der Waals surface area contributed by atoms with Gasteiger partial charge in [0.15, 0.2) is 0 Å². The molecule has 3 aliphatic rings. The second kappa shape index (κ2) is 2.17. The third-order valence-corrected chi connectivity index (χ3v) is 4.28. The Morgan fingerprint density at radius 3 is 2.77 bits per heavy atom. The molecule has 0 amide bonds. The van der Waals surface area contributed by atoms with Crippen LogP contribution < -0.4 is 0 Å². The number of allylic oxidation sites excluding steroid dienone is 1. The van der Waals surface area contributed by atoms with Crippen molar-refractivity contribution in [3.63, 3.8) is 0 Å². The van der Waals surface area contributed by atoms with E-state index in [9.17, 15) is 4.79 Å². The van der Waals surface area contributed by atoms with Gasteiger partial charge in [0.25, 0.3) is 0 Å². The van der Waals surface area contributed by atoms with Crippen molar-refractivity contribution in [1.29, 1.82) is 0 Å².